The highest BCUT2D eigenvalue weighted by Crippen LogP contribution is 2.32. The zero-order valence-electron chi connectivity index (χ0n) is 7.92. The smallest absolute Gasteiger partial charge is 0.169 e. The molecule has 0 saturated carbocycles. The minimum Gasteiger partial charge on any atom is -0.381 e. The number of halogens is 2. The summed E-state index contributed by atoms with van der Waals surface area (Å²) in [4.78, 5) is 0. The standard InChI is InChI=1S/C10H8BrClN2O/c1-5-7(2-6(11)3-8(5)12)9-4-10(13)14-15-9/h2-4H,1H3,(H2,13,14). The van der Waals surface area contributed by atoms with Crippen molar-refractivity contribution >= 4 is 33.3 Å². The fourth-order valence-corrected chi connectivity index (χ4v) is 2.13. The van der Waals surface area contributed by atoms with Gasteiger partial charge in [-0.05, 0) is 24.6 Å². The Hall–Kier alpha value is -1.00. The lowest BCUT2D eigenvalue weighted by Crippen LogP contribution is -1.83. The van der Waals surface area contributed by atoms with Crippen molar-refractivity contribution in [1.29, 1.82) is 0 Å². The van der Waals surface area contributed by atoms with Gasteiger partial charge in [0.05, 0.1) is 0 Å². The maximum atomic E-state index is 6.05. The molecule has 15 heavy (non-hydrogen) atoms. The van der Waals surface area contributed by atoms with Crippen molar-refractivity contribution in [3.63, 3.8) is 0 Å². The number of nitrogen functional groups attached to an aromatic ring is 1. The van der Waals surface area contributed by atoms with Crippen LogP contribution >= 0.6 is 27.5 Å². The second-order valence-corrected chi connectivity index (χ2v) is 4.50. The summed E-state index contributed by atoms with van der Waals surface area (Å²) >= 11 is 9.43. The van der Waals surface area contributed by atoms with Crippen LogP contribution in [-0.4, -0.2) is 5.16 Å². The van der Waals surface area contributed by atoms with Gasteiger partial charge in [-0.25, -0.2) is 0 Å². The molecule has 1 heterocycles. The van der Waals surface area contributed by atoms with Gasteiger partial charge in [0.1, 0.15) is 0 Å². The van der Waals surface area contributed by atoms with E-state index in [1.165, 1.54) is 0 Å². The topological polar surface area (TPSA) is 52.0 Å². The normalized spacial score (nSPS) is 10.6. The molecule has 2 N–H and O–H groups in total. The van der Waals surface area contributed by atoms with Gasteiger partial charge in [0.2, 0.25) is 0 Å². The van der Waals surface area contributed by atoms with E-state index in [0.29, 0.717) is 16.6 Å². The molecule has 1 aromatic carbocycles. The molecule has 0 unspecified atom stereocenters. The number of hydrogen-bond donors (Lipinski definition) is 1. The molecule has 0 aliphatic heterocycles. The lowest BCUT2D eigenvalue weighted by molar-refractivity contribution is 0.435. The molecule has 0 radical (unpaired) electrons. The first-order valence-corrected chi connectivity index (χ1v) is 5.43. The van der Waals surface area contributed by atoms with Gasteiger partial charge >= 0.3 is 0 Å². The Balaban J connectivity index is 2.62. The van der Waals surface area contributed by atoms with Crippen molar-refractivity contribution in [3.8, 4) is 11.3 Å². The fourth-order valence-electron chi connectivity index (χ4n) is 1.32. The molecule has 2 rings (SSSR count). The summed E-state index contributed by atoms with van der Waals surface area (Å²) in [6.45, 7) is 1.92. The Kier molecular flexibility index (Phi) is 2.71. The van der Waals surface area contributed by atoms with Gasteiger partial charge in [-0.2, -0.15) is 0 Å². The maximum absolute atomic E-state index is 6.05. The molecule has 2 aromatic rings. The van der Waals surface area contributed by atoms with E-state index in [2.05, 4.69) is 21.1 Å². The van der Waals surface area contributed by atoms with Crippen LogP contribution in [0.5, 0.6) is 0 Å². The summed E-state index contributed by atoms with van der Waals surface area (Å²) in [5.41, 5.74) is 7.32. The fraction of sp³-hybridized carbons (Fsp3) is 0.100. The van der Waals surface area contributed by atoms with Crippen LogP contribution in [0.4, 0.5) is 5.82 Å². The van der Waals surface area contributed by atoms with E-state index >= 15 is 0 Å². The lowest BCUT2D eigenvalue weighted by atomic mass is 10.1. The third-order valence-corrected chi connectivity index (χ3v) is 2.95. The number of aromatic nitrogens is 1. The van der Waals surface area contributed by atoms with Gasteiger partial charge in [0.15, 0.2) is 11.6 Å². The first-order chi connectivity index (χ1) is 7.08. The monoisotopic (exact) mass is 286 g/mol. The van der Waals surface area contributed by atoms with E-state index in [4.69, 9.17) is 21.9 Å². The van der Waals surface area contributed by atoms with Gasteiger partial charge in [0.25, 0.3) is 0 Å². The molecule has 78 valence electrons. The van der Waals surface area contributed by atoms with Crippen LogP contribution in [0.2, 0.25) is 5.02 Å². The van der Waals surface area contributed by atoms with Crippen LogP contribution in [0.1, 0.15) is 5.56 Å². The molecule has 0 bridgehead atoms. The second-order valence-electron chi connectivity index (χ2n) is 3.18. The third-order valence-electron chi connectivity index (χ3n) is 2.10. The Bertz CT molecular complexity index is 510. The number of benzene rings is 1. The molecular weight excluding hydrogens is 279 g/mol. The van der Waals surface area contributed by atoms with Crippen LogP contribution in [0.25, 0.3) is 11.3 Å². The Morgan fingerprint density at radius 3 is 2.73 bits per heavy atom. The molecule has 0 saturated heterocycles. The van der Waals surface area contributed by atoms with Crippen molar-refractivity contribution < 1.29 is 4.52 Å². The van der Waals surface area contributed by atoms with E-state index in [0.717, 1.165) is 15.6 Å². The van der Waals surface area contributed by atoms with E-state index in [1.54, 1.807) is 6.07 Å². The van der Waals surface area contributed by atoms with E-state index in [-0.39, 0.29) is 0 Å². The van der Waals surface area contributed by atoms with Crippen LogP contribution in [0.3, 0.4) is 0 Å². The van der Waals surface area contributed by atoms with Crippen molar-refractivity contribution in [1.82, 2.24) is 5.16 Å². The molecule has 3 nitrogen and oxygen atoms in total. The lowest BCUT2D eigenvalue weighted by Gasteiger charge is -2.04. The summed E-state index contributed by atoms with van der Waals surface area (Å²) in [5.74, 6) is 0.980. The average Bonchev–Trinajstić information content (AvgIpc) is 2.58. The van der Waals surface area contributed by atoms with Crippen molar-refractivity contribution in [2.24, 2.45) is 0 Å². The number of hydrogen-bond acceptors (Lipinski definition) is 3. The molecule has 0 aliphatic carbocycles. The van der Waals surface area contributed by atoms with Crippen molar-refractivity contribution in [2.75, 3.05) is 5.73 Å². The molecule has 0 amide bonds. The summed E-state index contributed by atoms with van der Waals surface area (Å²) < 4.78 is 5.98. The van der Waals surface area contributed by atoms with Gasteiger partial charge < -0.3 is 10.3 Å². The molecule has 5 heteroatoms. The number of nitrogens with zero attached hydrogens (tertiary/aromatic N) is 1. The van der Waals surface area contributed by atoms with Gasteiger partial charge in [-0.3, -0.25) is 0 Å². The maximum Gasteiger partial charge on any atom is 0.169 e. The summed E-state index contributed by atoms with van der Waals surface area (Å²) in [6, 6.07) is 5.42. The Morgan fingerprint density at radius 1 is 1.40 bits per heavy atom. The van der Waals surface area contributed by atoms with Gasteiger partial charge in [-0.1, -0.05) is 32.7 Å². The SMILES string of the molecule is Cc1c(Cl)cc(Br)cc1-c1cc(N)no1. The van der Waals surface area contributed by atoms with Crippen LogP contribution < -0.4 is 5.73 Å². The molecular formula is C10H8BrClN2O. The second kappa shape index (κ2) is 3.87. The van der Waals surface area contributed by atoms with Crippen LogP contribution in [0, 0.1) is 6.92 Å². The van der Waals surface area contributed by atoms with Crippen molar-refractivity contribution in [2.45, 2.75) is 6.92 Å². The molecule has 1 aromatic heterocycles. The quantitative estimate of drug-likeness (QED) is 0.871. The highest BCUT2D eigenvalue weighted by molar-refractivity contribution is 9.10. The zero-order valence-corrected chi connectivity index (χ0v) is 10.3. The highest BCUT2D eigenvalue weighted by atomic mass is 79.9. The number of rotatable bonds is 1. The summed E-state index contributed by atoms with van der Waals surface area (Å²) in [5, 5.41) is 4.31. The minimum absolute atomic E-state index is 0.362. The minimum atomic E-state index is 0.362. The van der Waals surface area contributed by atoms with E-state index in [1.807, 2.05) is 19.1 Å². The Labute approximate surface area is 100 Å². The predicted octanol–water partition coefficient (Wildman–Crippen LogP) is 3.65. The number of anilines is 1. The van der Waals surface area contributed by atoms with E-state index in [9.17, 15) is 0 Å². The van der Waals surface area contributed by atoms with E-state index < -0.39 is 0 Å². The number of nitrogens with two attached hydrogens (primary N) is 1. The summed E-state index contributed by atoms with van der Waals surface area (Å²) in [7, 11) is 0. The largest absolute Gasteiger partial charge is 0.381 e. The predicted molar refractivity (Wildman–Crippen MR) is 63.8 cm³/mol. The third kappa shape index (κ3) is 2.01. The molecule has 0 fully saturated rings. The first kappa shape index (κ1) is 10.5. The Morgan fingerprint density at radius 2 is 2.13 bits per heavy atom. The van der Waals surface area contributed by atoms with Gasteiger partial charge in [-0.15, -0.1) is 0 Å². The zero-order chi connectivity index (χ0) is 11.0. The molecule has 0 spiro atoms. The van der Waals surface area contributed by atoms with Crippen LogP contribution in [-0.2, 0) is 0 Å². The molecule has 0 atom stereocenters. The highest BCUT2D eigenvalue weighted by Gasteiger charge is 2.11. The van der Waals surface area contributed by atoms with Crippen LogP contribution in [0.15, 0.2) is 27.2 Å². The summed E-state index contributed by atoms with van der Waals surface area (Å²) in [6.07, 6.45) is 0. The van der Waals surface area contributed by atoms with Gasteiger partial charge in [0, 0.05) is 21.1 Å². The first-order valence-electron chi connectivity index (χ1n) is 4.26. The van der Waals surface area contributed by atoms with Crippen molar-refractivity contribution in [3.05, 3.63) is 33.3 Å². The average molecular weight is 288 g/mol. The molecule has 0 aliphatic rings.